The zero-order valence-electron chi connectivity index (χ0n) is 10.6. The van der Waals surface area contributed by atoms with Gasteiger partial charge in [-0.05, 0) is 51.3 Å². The number of Topliss-reactive ketones (excluding diaryl/α,β-unsaturated/α-hetero) is 1. The lowest BCUT2D eigenvalue weighted by atomic mass is 9.83. The highest BCUT2D eigenvalue weighted by molar-refractivity contribution is 6.03. The van der Waals surface area contributed by atoms with E-state index in [4.69, 9.17) is 0 Å². The molecule has 1 fully saturated rings. The van der Waals surface area contributed by atoms with E-state index >= 15 is 0 Å². The fourth-order valence-electron chi connectivity index (χ4n) is 2.39. The van der Waals surface area contributed by atoms with Crippen molar-refractivity contribution in [1.29, 1.82) is 0 Å². The van der Waals surface area contributed by atoms with E-state index < -0.39 is 28.5 Å². The van der Waals surface area contributed by atoms with Gasteiger partial charge in [0.05, 0.1) is 11.1 Å². The molecule has 1 N–H and O–H groups in total. The minimum Gasteiger partial charge on any atom is -0.305 e. The average Bonchev–Trinajstić information content (AvgIpc) is 2.35. The van der Waals surface area contributed by atoms with Crippen LogP contribution in [0, 0.1) is 18.6 Å². The number of benzene rings is 1. The van der Waals surface area contributed by atoms with Gasteiger partial charge in [-0.2, -0.15) is 0 Å². The third-order valence-corrected chi connectivity index (χ3v) is 3.63. The van der Waals surface area contributed by atoms with Crippen LogP contribution in [-0.2, 0) is 0 Å². The molecule has 1 aliphatic heterocycles. The van der Waals surface area contributed by atoms with E-state index in [1.807, 2.05) is 0 Å². The first-order valence-corrected chi connectivity index (χ1v) is 6.20. The Morgan fingerprint density at radius 2 is 2.06 bits per heavy atom. The van der Waals surface area contributed by atoms with Crippen LogP contribution in [0.5, 0.6) is 0 Å². The summed E-state index contributed by atoms with van der Waals surface area (Å²) in [6.45, 7) is 3.95. The molecular formula is C14H17F2NO. The van der Waals surface area contributed by atoms with Gasteiger partial charge in [0.1, 0.15) is 11.6 Å². The first-order valence-electron chi connectivity index (χ1n) is 6.20. The van der Waals surface area contributed by atoms with Crippen molar-refractivity contribution in [3.63, 3.8) is 0 Å². The van der Waals surface area contributed by atoms with Gasteiger partial charge in [-0.25, -0.2) is 8.78 Å². The van der Waals surface area contributed by atoms with Crippen LogP contribution in [0.2, 0.25) is 0 Å². The molecule has 1 aliphatic rings. The minimum atomic E-state index is -0.853. The molecule has 0 aromatic heterocycles. The van der Waals surface area contributed by atoms with Gasteiger partial charge in [0.2, 0.25) is 0 Å². The topological polar surface area (TPSA) is 29.1 Å². The number of rotatable bonds is 2. The van der Waals surface area contributed by atoms with Crippen molar-refractivity contribution < 1.29 is 13.6 Å². The van der Waals surface area contributed by atoms with E-state index in [0.29, 0.717) is 18.5 Å². The molecule has 0 radical (unpaired) electrons. The van der Waals surface area contributed by atoms with Gasteiger partial charge < -0.3 is 5.32 Å². The zero-order valence-corrected chi connectivity index (χ0v) is 10.6. The zero-order chi connectivity index (χ0) is 13.3. The maximum atomic E-state index is 13.9. The average molecular weight is 253 g/mol. The van der Waals surface area contributed by atoms with Crippen LogP contribution in [0.4, 0.5) is 8.78 Å². The van der Waals surface area contributed by atoms with Gasteiger partial charge in [0.15, 0.2) is 5.78 Å². The third-order valence-electron chi connectivity index (χ3n) is 3.63. The number of nitrogens with one attached hydrogen (secondary N) is 1. The van der Waals surface area contributed by atoms with E-state index in [-0.39, 0.29) is 0 Å². The summed E-state index contributed by atoms with van der Waals surface area (Å²) in [6, 6.07) is 2.50. The Kier molecular flexibility index (Phi) is 3.48. The number of aryl methyl sites for hydroxylation is 1. The monoisotopic (exact) mass is 253 g/mol. The summed E-state index contributed by atoms with van der Waals surface area (Å²) < 4.78 is 27.7. The van der Waals surface area contributed by atoms with Crippen LogP contribution in [-0.4, -0.2) is 17.9 Å². The molecule has 18 heavy (non-hydrogen) atoms. The van der Waals surface area contributed by atoms with Crippen molar-refractivity contribution in [3.05, 3.63) is 34.9 Å². The fourth-order valence-corrected chi connectivity index (χ4v) is 2.39. The molecule has 1 aromatic carbocycles. The predicted octanol–water partition coefficient (Wildman–Crippen LogP) is 2.99. The molecular weight excluding hydrogens is 236 g/mol. The first-order chi connectivity index (χ1) is 8.46. The van der Waals surface area contributed by atoms with E-state index in [1.54, 1.807) is 6.92 Å². The molecule has 0 aliphatic carbocycles. The van der Waals surface area contributed by atoms with Crippen molar-refractivity contribution in [2.45, 2.75) is 38.6 Å². The number of carbonyl (C=O) groups is 1. The maximum absolute atomic E-state index is 13.9. The van der Waals surface area contributed by atoms with Crippen LogP contribution in [0.3, 0.4) is 0 Å². The molecule has 2 nitrogen and oxygen atoms in total. The van der Waals surface area contributed by atoms with Crippen molar-refractivity contribution in [3.8, 4) is 0 Å². The third kappa shape index (κ3) is 2.17. The molecule has 1 saturated heterocycles. The summed E-state index contributed by atoms with van der Waals surface area (Å²) in [5, 5.41) is 3.08. The van der Waals surface area contributed by atoms with Crippen LogP contribution < -0.4 is 5.32 Å². The number of piperidine rings is 1. The second kappa shape index (κ2) is 4.76. The standard InChI is InChI=1S/C14H17F2NO/c1-9-5-6-10(15)11(12(9)16)13(18)14(2)7-3-4-8-17-14/h5-6,17H,3-4,7-8H2,1-2H3. The number of ketones is 1. The number of hydrogen-bond donors (Lipinski definition) is 1. The molecule has 0 bridgehead atoms. The molecule has 1 atom stereocenters. The molecule has 1 aromatic rings. The van der Waals surface area contributed by atoms with Crippen LogP contribution >= 0.6 is 0 Å². The summed E-state index contributed by atoms with van der Waals surface area (Å²) in [7, 11) is 0. The van der Waals surface area contributed by atoms with Gasteiger partial charge in [0.25, 0.3) is 0 Å². The Morgan fingerprint density at radius 1 is 1.33 bits per heavy atom. The van der Waals surface area contributed by atoms with Gasteiger partial charge in [-0.3, -0.25) is 4.79 Å². The highest BCUT2D eigenvalue weighted by Crippen LogP contribution is 2.27. The Hall–Kier alpha value is -1.29. The number of halogens is 2. The largest absolute Gasteiger partial charge is 0.305 e. The Morgan fingerprint density at radius 3 is 2.67 bits per heavy atom. The highest BCUT2D eigenvalue weighted by atomic mass is 19.1. The van der Waals surface area contributed by atoms with Crippen molar-refractivity contribution in [2.24, 2.45) is 0 Å². The molecule has 4 heteroatoms. The highest BCUT2D eigenvalue weighted by Gasteiger charge is 2.37. The maximum Gasteiger partial charge on any atom is 0.188 e. The smallest absolute Gasteiger partial charge is 0.188 e. The quantitative estimate of drug-likeness (QED) is 0.821. The van der Waals surface area contributed by atoms with E-state index in [9.17, 15) is 13.6 Å². The first kappa shape index (κ1) is 13.1. The molecule has 98 valence electrons. The molecule has 1 unspecified atom stereocenters. The Balaban J connectivity index is 2.42. The van der Waals surface area contributed by atoms with E-state index in [2.05, 4.69) is 5.32 Å². The van der Waals surface area contributed by atoms with Gasteiger partial charge in [-0.15, -0.1) is 0 Å². The summed E-state index contributed by atoms with van der Waals surface area (Å²) in [6.07, 6.45) is 2.49. The summed E-state index contributed by atoms with van der Waals surface area (Å²) in [5.41, 5.74) is -0.973. The normalized spacial score (nSPS) is 24.0. The van der Waals surface area contributed by atoms with Crippen LogP contribution in [0.1, 0.15) is 42.1 Å². The summed E-state index contributed by atoms with van der Waals surface area (Å²) >= 11 is 0. The van der Waals surface area contributed by atoms with E-state index in [0.717, 1.165) is 18.9 Å². The van der Waals surface area contributed by atoms with Gasteiger partial charge in [-0.1, -0.05) is 6.07 Å². The summed E-state index contributed by atoms with van der Waals surface area (Å²) in [5.74, 6) is -2.01. The van der Waals surface area contributed by atoms with Crippen molar-refractivity contribution in [2.75, 3.05) is 6.54 Å². The Bertz CT molecular complexity index is 479. The Labute approximate surface area is 105 Å². The minimum absolute atomic E-state index is 0.291. The molecule has 0 amide bonds. The number of hydrogen-bond acceptors (Lipinski definition) is 2. The van der Waals surface area contributed by atoms with E-state index in [1.165, 1.54) is 13.0 Å². The predicted molar refractivity (Wildman–Crippen MR) is 65.7 cm³/mol. The summed E-state index contributed by atoms with van der Waals surface area (Å²) in [4.78, 5) is 12.4. The molecule has 0 saturated carbocycles. The van der Waals surface area contributed by atoms with Gasteiger partial charge >= 0.3 is 0 Å². The van der Waals surface area contributed by atoms with Crippen molar-refractivity contribution >= 4 is 5.78 Å². The fraction of sp³-hybridized carbons (Fsp3) is 0.500. The molecule has 2 rings (SSSR count). The number of carbonyl (C=O) groups excluding carboxylic acids is 1. The second-order valence-electron chi connectivity index (χ2n) is 5.10. The lowest BCUT2D eigenvalue weighted by Crippen LogP contribution is -2.52. The lowest BCUT2D eigenvalue weighted by molar-refractivity contribution is 0.0825. The van der Waals surface area contributed by atoms with Crippen LogP contribution in [0.15, 0.2) is 12.1 Å². The van der Waals surface area contributed by atoms with Gasteiger partial charge in [0, 0.05) is 0 Å². The van der Waals surface area contributed by atoms with Crippen molar-refractivity contribution in [1.82, 2.24) is 5.32 Å². The lowest BCUT2D eigenvalue weighted by Gasteiger charge is -2.33. The SMILES string of the molecule is Cc1ccc(F)c(C(=O)C2(C)CCCCN2)c1F. The van der Waals surface area contributed by atoms with Crippen LogP contribution in [0.25, 0.3) is 0 Å². The molecule has 1 heterocycles. The molecule has 0 spiro atoms. The second-order valence-corrected chi connectivity index (χ2v) is 5.10.